The maximum Gasteiger partial charge on any atom is 0.228 e. The lowest BCUT2D eigenvalue weighted by molar-refractivity contribution is -0.145. The van der Waals surface area contributed by atoms with Gasteiger partial charge < -0.3 is 10.6 Å². The maximum atomic E-state index is 13.1. The van der Waals surface area contributed by atoms with Crippen molar-refractivity contribution in [2.45, 2.75) is 65.2 Å². The van der Waals surface area contributed by atoms with Crippen LogP contribution in [0.25, 0.3) is 0 Å². The van der Waals surface area contributed by atoms with Gasteiger partial charge in [-0.3, -0.25) is 4.79 Å². The Morgan fingerprint density at radius 2 is 2.00 bits per heavy atom. The van der Waals surface area contributed by atoms with Crippen LogP contribution in [0, 0.1) is 17.3 Å². The minimum Gasteiger partial charge on any atom is -0.342 e. The van der Waals surface area contributed by atoms with Crippen molar-refractivity contribution in [3.8, 4) is 0 Å². The van der Waals surface area contributed by atoms with Crippen molar-refractivity contribution in [1.29, 1.82) is 0 Å². The van der Waals surface area contributed by atoms with Crippen LogP contribution in [0.5, 0.6) is 0 Å². The van der Waals surface area contributed by atoms with Crippen LogP contribution >= 0.6 is 0 Å². The Labute approximate surface area is 124 Å². The molecule has 1 saturated carbocycles. The van der Waals surface area contributed by atoms with Gasteiger partial charge in [0.05, 0.1) is 0 Å². The Morgan fingerprint density at radius 3 is 2.60 bits per heavy atom. The fourth-order valence-corrected chi connectivity index (χ4v) is 4.39. The summed E-state index contributed by atoms with van der Waals surface area (Å²) in [5.74, 6) is 1.71. The zero-order chi connectivity index (χ0) is 14.6. The van der Waals surface area contributed by atoms with E-state index in [4.69, 9.17) is 5.73 Å². The number of amides is 1. The molecule has 0 spiro atoms. The lowest BCUT2D eigenvalue weighted by atomic mass is 9.76. The Hall–Kier alpha value is -0.570. The first-order chi connectivity index (χ1) is 9.57. The van der Waals surface area contributed by atoms with Gasteiger partial charge in [-0.2, -0.15) is 0 Å². The number of carbonyl (C=O) groups excluding carboxylic acids is 1. The summed E-state index contributed by atoms with van der Waals surface area (Å²) in [6.45, 7) is 7.18. The Morgan fingerprint density at radius 1 is 1.30 bits per heavy atom. The summed E-state index contributed by atoms with van der Waals surface area (Å²) in [6, 6.07) is 0. The van der Waals surface area contributed by atoms with E-state index < -0.39 is 0 Å². The SMILES string of the molecule is CC(C)CC1(C(=O)N2CCCC(CCN)C2)CCCC1. The molecule has 1 saturated heterocycles. The molecule has 2 N–H and O–H groups in total. The predicted octanol–water partition coefficient (Wildman–Crippen LogP) is 3.18. The largest absolute Gasteiger partial charge is 0.342 e. The summed E-state index contributed by atoms with van der Waals surface area (Å²) in [5.41, 5.74) is 5.66. The number of rotatable bonds is 5. The van der Waals surface area contributed by atoms with Gasteiger partial charge in [0.25, 0.3) is 0 Å². The smallest absolute Gasteiger partial charge is 0.228 e. The summed E-state index contributed by atoms with van der Waals surface area (Å²) in [6.07, 6.45) is 9.25. The maximum absolute atomic E-state index is 13.1. The standard InChI is InChI=1S/C17H32N2O/c1-14(2)12-17(8-3-4-9-17)16(20)19-11-5-6-15(13-19)7-10-18/h14-15H,3-13,18H2,1-2H3. The number of likely N-dealkylation sites (tertiary alicyclic amines) is 1. The number of piperidine rings is 1. The van der Waals surface area contributed by atoms with Crippen molar-refractivity contribution in [3.05, 3.63) is 0 Å². The first kappa shape index (κ1) is 15.8. The molecule has 1 unspecified atom stereocenters. The van der Waals surface area contributed by atoms with Gasteiger partial charge in [-0.1, -0.05) is 26.7 Å². The van der Waals surface area contributed by atoms with E-state index >= 15 is 0 Å². The van der Waals surface area contributed by atoms with Crippen molar-refractivity contribution in [2.24, 2.45) is 23.0 Å². The lowest BCUT2D eigenvalue weighted by Gasteiger charge is -2.40. The monoisotopic (exact) mass is 280 g/mol. The van der Waals surface area contributed by atoms with E-state index in [1.54, 1.807) is 0 Å². The molecule has 116 valence electrons. The number of nitrogens with two attached hydrogens (primary N) is 1. The highest BCUT2D eigenvalue weighted by molar-refractivity contribution is 5.83. The Balaban J connectivity index is 2.03. The van der Waals surface area contributed by atoms with Crippen LogP contribution in [-0.4, -0.2) is 30.4 Å². The number of carbonyl (C=O) groups is 1. The first-order valence-electron chi connectivity index (χ1n) is 8.57. The van der Waals surface area contributed by atoms with Crippen LogP contribution in [0.2, 0.25) is 0 Å². The molecule has 0 aromatic rings. The van der Waals surface area contributed by atoms with Crippen molar-refractivity contribution in [2.75, 3.05) is 19.6 Å². The average molecular weight is 280 g/mol. The van der Waals surface area contributed by atoms with Gasteiger partial charge in [-0.25, -0.2) is 0 Å². The molecule has 2 aliphatic rings. The van der Waals surface area contributed by atoms with Crippen molar-refractivity contribution in [1.82, 2.24) is 4.90 Å². The van der Waals surface area contributed by atoms with Gasteiger partial charge >= 0.3 is 0 Å². The zero-order valence-corrected chi connectivity index (χ0v) is 13.4. The third-order valence-electron chi connectivity index (χ3n) is 5.19. The third kappa shape index (κ3) is 3.55. The van der Waals surface area contributed by atoms with Crippen LogP contribution in [0.4, 0.5) is 0 Å². The van der Waals surface area contributed by atoms with Gasteiger partial charge in [-0.05, 0) is 56.9 Å². The minimum absolute atomic E-state index is 0.0290. The van der Waals surface area contributed by atoms with Gasteiger partial charge in [0.1, 0.15) is 0 Å². The van der Waals surface area contributed by atoms with Crippen LogP contribution in [0.15, 0.2) is 0 Å². The van der Waals surface area contributed by atoms with Crippen molar-refractivity contribution < 1.29 is 4.79 Å². The molecule has 20 heavy (non-hydrogen) atoms. The van der Waals surface area contributed by atoms with Gasteiger partial charge in [-0.15, -0.1) is 0 Å². The molecule has 0 aromatic heterocycles. The molecule has 1 amide bonds. The van der Waals surface area contributed by atoms with E-state index in [0.717, 1.165) is 51.7 Å². The van der Waals surface area contributed by atoms with Crippen molar-refractivity contribution >= 4 is 5.91 Å². The van der Waals surface area contributed by atoms with Crippen LogP contribution in [0.1, 0.15) is 65.2 Å². The number of hydrogen-bond acceptors (Lipinski definition) is 2. The van der Waals surface area contributed by atoms with Crippen LogP contribution < -0.4 is 5.73 Å². The fraction of sp³-hybridized carbons (Fsp3) is 0.941. The molecule has 3 nitrogen and oxygen atoms in total. The molecule has 1 aliphatic carbocycles. The van der Waals surface area contributed by atoms with E-state index in [2.05, 4.69) is 18.7 Å². The van der Waals surface area contributed by atoms with Gasteiger partial charge in [0, 0.05) is 18.5 Å². The highest BCUT2D eigenvalue weighted by atomic mass is 16.2. The topological polar surface area (TPSA) is 46.3 Å². The second-order valence-corrected chi connectivity index (χ2v) is 7.42. The molecular formula is C17H32N2O. The molecule has 0 aromatic carbocycles. The predicted molar refractivity (Wildman–Crippen MR) is 83.3 cm³/mol. The first-order valence-corrected chi connectivity index (χ1v) is 8.57. The van der Waals surface area contributed by atoms with E-state index in [9.17, 15) is 4.79 Å². The summed E-state index contributed by atoms with van der Waals surface area (Å²) < 4.78 is 0. The Kier molecular flexibility index (Phi) is 5.48. The van der Waals surface area contributed by atoms with Gasteiger partial charge in [0.15, 0.2) is 0 Å². The summed E-state index contributed by atoms with van der Waals surface area (Å²) >= 11 is 0. The molecular weight excluding hydrogens is 248 g/mol. The molecule has 1 aliphatic heterocycles. The molecule has 1 atom stereocenters. The number of nitrogens with zero attached hydrogens (tertiary/aromatic N) is 1. The molecule has 3 heteroatoms. The second kappa shape index (κ2) is 6.93. The quantitative estimate of drug-likeness (QED) is 0.840. The Bertz CT molecular complexity index is 319. The molecule has 2 fully saturated rings. The van der Waals surface area contributed by atoms with E-state index in [1.807, 2.05) is 0 Å². The summed E-state index contributed by atoms with van der Waals surface area (Å²) in [4.78, 5) is 15.3. The minimum atomic E-state index is -0.0290. The molecule has 0 radical (unpaired) electrons. The van der Waals surface area contributed by atoms with E-state index in [-0.39, 0.29) is 5.41 Å². The zero-order valence-electron chi connectivity index (χ0n) is 13.4. The van der Waals surface area contributed by atoms with Gasteiger partial charge in [0.2, 0.25) is 5.91 Å². The van der Waals surface area contributed by atoms with E-state index in [1.165, 1.54) is 19.3 Å². The normalized spacial score (nSPS) is 26.2. The third-order valence-corrected chi connectivity index (χ3v) is 5.19. The van der Waals surface area contributed by atoms with Crippen LogP contribution in [0.3, 0.4) is 0 Å². The van der Waals surface area contributed by atoms with Crippen LogP contribution in [-0.2, 0) is 4.79 Å². The lowest BCUT2D eigenvalue weighted by Crippen LogP contribution is -2.48. The second-order valence-electron chi connectivity index (χ2n) is 7.42. The highest BCUT2D eigenvalue weighted by Crippen LogP contribution is 2.45. The highest BCUT2D eigenvalue weighted by Gasteiger charge is 2.44. The molecule has 2 rings (SSSR count). The molecule has 0 bridgehead atoms. The van der Waals surface area contributed by atoms with E-state index in [0.29, 0.717) is 17.7 Å². The fourth-order valence-electron chi connectivity index (χ4n) is 4.39. The average Bonchev–Trinajstić information content (AvgIpc) is 2.87. The van der Waals surface area contributed by atoms with Crippen molar-refractivity contribution in [3.63, 3.8) is 0 Å². The number of hydrogen-bond donors (Lipinski definition) is 1. The summed E-state index contributed by atoms with van der Waals surface area (Å²) in [7, 11) is 0. The molecule has 1 heterocycles. The summed E-state index contributed by atoms with van der Waals surface area (Å²) in [5, 5.41) is 0.